The topological polar surface area (TPSA) is 29.1 Å². The number of amides is 1. The molecule has 0 unspecified atom stereocenters. The summed E-state index contributed by atoms with van der Waals surface area (Å²) >= 11 is 0. The first kappa shape index (κ1) is 22.5. The molecule has 0 aromatic carbocycles. The van der Waals surface area contributed by atoms with E-state index in [1.807, 2.05) is 0 Å². The van der Waals surface area contributed by atoms with Gasteiger partial charge in [0.05, 0.1) is 0 Å². The molecule has 0 atom stereocenters. The van der Waals surface area contributed by atoms with Crippen molar-refractivity contribution in [3.05, 3.63) is 0 Å². The van der Waals surface area contributed by atoms with Gasteiger partial charge < -0.3 is 5.32 Å². The van der Waals surface area contributed by atoms with Crippen LogP contribution < -0.4 is 5.32 Å². The third-order valence-corrected chi connectivity index (χ3v) is 5.57. The molecule has 2 heteroatoms. The number of nitrogens with one attached hydrogen (secondary N) is 1. The molecule has 0 aliphatic heterocycles. The van der Waals surface area contributed by atoms with Gasteiger partial charge >= 0.3 is 0 Å². The first-order valence-corrected chi connectivity index (χ1v) is 10.4. The second-order valence-corrected chi connectivity index (χ2v) is 7.21. The van der Waals surface area contributed by atoms with E-state index >= 15 is 0 Å². The van der Waals surface area contributed by atoms with Crippen LogP contribution in [0.3, 0.4) is 0 Å². The number of unbranched alkanes of at least 4 members (excludes halogenated alkanes) is 11. The van der Waals surface area contributed by atoms with Crippen LogP contribution in [0.2, 0.25) is 0 Å². The van der Waals surface area contributed by atoms with Gasteiger partial charge in [0.1, 0.15) is 0 Å². The van der Waals surface area contributed by atoms with Crippen molar-refractivity contribution < 1.29 is 4.79 Å². The van der Waals surface area contributed by atoms with Crippen LogP contribution in [0.25, 0.3) is 0 Å². The summed E-state index contributed by atoms with van der Waals surface area (Å²) in [6.45, 7) is 6.58. The van der Waals surface area contributed by atoms with Gasteiger partial charge in [0.25, 0.3) is 0 Å². The average molecular weight is 326 g/mol. The normalized spacial score (nSPS) is 11.7. The monoisotopic (exact) mass is 325 g/mol. The van der Waals surface area contributed by atoms with Gasteiger partial charge in [0.2, 0.25) is 5.91 Å². The lowest BCUT2D eigenvalue weighted by Crippen LogP contribution is -2.38. The highest BCUT2D eigenvalue weighted by Gasteiger charge is 2.33. The van der Waals surface area contributed by atoms with Crippen molar-refractivity contribution >= 4 is 5.91 Å². The second kappa shape index (κ2) is 15.0. The molecule has 1 N–H and O–H groups in total. The molecule has 0 saturated heterocycles. The van der Waals surface area contributed by atoms with Crippen molar-refractivity contribution in [3.8, 4) is 0 Å². The van der Waals surface area contributed by atoms with E-state index in [1.54, 1.807) is 7.05 Å². The van der Waals surface area contributed by atoms with E-state index in [0.717, 1.165) is 19.3 Å². The zero-order valence-electron chi connectivity index (χ0n) is 16.5. The van der Waals surface area contributed by atoms with Crippen LogP contribution in [-0.2, 0) is 4.79 Å². The maximum absolute atomic E-state index is 12.1. The van der Waals surface area contributed by atoms with Gasteiger partial charge in [0, 0.05) is 12.5 Å². The Morgan fingerprint density at radius 3 is 1.43 bits per heavy atom. The van der Waals surface area contributed by atoms with Gasteiger partial charge in [-0.25, -0.2) is 0 Å². The van der Waals surface area contributed by atoms with Gasteiger partial charge in [-0.15, -0.1) is 0 Å². The predicted octanol–water partition coefficient (Wildman–Crippen LogP) is 6.63. The molecule has 23 heavy (non-hydrogen) atoms. The minimum Gasteiger partial charge on any atom is -0.359 e. The lowest BCUT2D eigenvalue weighted by molar-refractivity contribution is -0.131. The summed E-state index contributed by atoms with van der Waals surface area (Å²) in [6, 6.07) is 0. The van der Waals surface area contributed by atoms with Crippen LogP contribution in [-0.4, -0.2) is 13.0 Å². The van der Waals surface area contributed by atoms with E-state index in [-0.39, 0.29) is 11.3 Å². The molecule has 0 aromatic heterocycles. The molecular weight excluding hydrogens is 282 g/mol. The maximum atomic E-state index is 12.1. The summed E-state index contributed by atoms with van der Waals surface area (Å²) in [5.74, 6) is 0.241. The van der Waals surface area contributed by atoms with E-state index in [9.17, 15) is 4.79 Å². The molecule has 0 bridgehead atoms. The quantitative estimate of drug-likeness (QED) is 0.317. The first-order valence-electron chi connectivity index (χ1n) is 10.4. The molecule has 1 amide bonds. The molecule has 138 valence electrons. The fourth-order valence-electron chi connectivity index (χ4n) is 3.61. The Hall–Kier alpha value is -0.530. The Kier molecular flexibility index (Phi) is 14.7. The van der Waals surface area contributed by atoms with Crippen molar-refractivity contribution in [3.63, 3.8) is 0 Å². The highest BCUT2D eigenvalue weighted by Crippen LogP contribution is 2.33. The number of hydrogen-bond acceptors (Lipinski definition) is 1. The lowest BCUT2D eigenvalue weighted by Gasteiger charge is -2.29. The highest BCUT2D eigenvalue weighted by atomic mass is 16.2. The number of carbonyl (C=O) groups excluding carboxylic acids is 1. The zero-order chi connectivity index (χ0) is 17.4. The van der Waals surface area contributed by atoms with Crippen LogP contribution >= 0.6 is 0 Å². The summed E-state index contributed by atoms with van der Waals surface area (Å²) in [4.78, 5) is 12.1. The molecule has 0 aliphatic carbocycles. The summed E-state index contributed by atoms with van der Waals surface area (Å²) in [5, 5.41) is 2.86. The Balaban J connectivity index is 3.55. The summed E-state index contributed by atoms with van der Waals surface area (Å²) in [5.41, 5.74) is -0.118. The third-order valence-electron chi connectivity index (χ3n) is 5.57. The Morgan fingerprint density at radius 2 is 1.09 bits per heavy atom. The van der Waals surface area contributed by atoms with Gasteiger partial charge in [-0.05, 0) is 19.3 Å². The van der Waals surface area contributed by atoms with E-state index < -0.39 is 0 Å². The van der Waals surface area contributed by atoms with E-state index in [2.05, 4.69) is 26.1 Å². The predicted molar refractivity (Wildman–Crippen MR) is 103 cm³/mol. The first-order chi connectivity index (χ1) is 11.2. The summed E-state index contributed by atoms with van der Waals surface area (Å²) < 4.78 is 0. The molecule has 0 spiro atoms. The van der Waals surface area contributed by atoms with E-state index in [0.29, 0.717) is 0 Å². The van der Waals surface area contributed by atoms with Gasteiger partial charge in [-0.3, -0.25) is 4.79 Å². The summed E-state index contributed by atoms with van der Waals surface area (Å²) in [7, 11) is 1.77. The molecule has 0 saturated carbocycles. The van der Waals surface area contributed by atoms with Gasteiger partial charge in [-0.1, -0.05) is 97.8 Å². The molecule has 0 fully saturated rings. The Labute approximate surface area is 146 Å². The van der Waals surface area contributed by atoms with Crippen molar-refractivity contribution in [1.82, 2.24) is 5.32 Å². The van der Waals surface area contributed by atoms with Crippen LogP contribution in [0.1, 0.15) is 117 Å². The largest absolute Gasteiger partial charge is 0.359 e. The number of hydrogen-bond donors (Lipinski definition) is 1. The van der Waals surface area contributed by atoms with E-state index in [4.69, 9.17) is 0 Å². The minimum absolute atomic E-state index is 0.118. The minimum atomic E-state index is -0.118. The molecular formula is C21H43NO. The fraction of sp³-hybridized carbons (Fsp3) is 0.952. The Morgan fingerprint density at radius 1 is 0.696 bits per heavy atom. The SMILES string of the molecule is CCCCCCCCCCCCCCC(CC)(CC)C(=O)NC. The van der Waals surface area contributed by atoms with E-state index in [1.165, 1.54) is 77.0 Å². The van der Waals surface area contributed by atoms with Crippen molar-refractivity contribution in [2.75, 3.05) is 7.05 Å². The lowest BCUT2D eigenvalue weighted by atomic mass is 9.77. The van der Waals surface area contributed by atoms with Crippen LogP contribution in [0.15, 0.2) is 0 Å². The Bertz CT molecular complexity index is 271. The maximum Gasteiger partial charge on any atom is 0.225 e. The highest BCUT2D eigenvalue weighted by molar-refractivity contribution is 5.82. The van der Waals surface area contributed by atoms with Crippen molar-refractivity contribution in [2.24, 2.45) is 5.41 Å². The molecule has 0 radical (unpaired) electrons. The van der Waals surface area contributed by atoms with Crippen LogP contribution in [0, 0.1) is 5.41 Å². The number of rotatable bonds is 16. The second-order valence-electron chi connectivity index (χ2n) is 7.21. The van der Waals surface area contributed by atoms with Crippen LogP contribution in [0.5, 0.6) is 0 Å². The molecule has 0 rings (SSSR count). The van der Waals surface area contributed by atoms with Crippen molar-refractivity contribution in [2.45, 2.75) is 117 Å². The van der Waals surface area contributed by atoms with Crippen molar-refractivity contribution in [1.29, 1.82) is 0 Å². The van der Waals surface area contributed by atoms with Crippen LogP contribution in [0.4, 0.5) is 0 Å². The molecule has 0 aliphatic rings. The zero-order valence-corrected chi connectivity index (χ0v) is 16.5. The smallest absolute Gasteiger partial charge is 0.225 e. The molecule has 0 aromatic rings. The standard InChI is InChI=1S/C21H43NO/c1-5-8-9-10-11-12-13-14-15-16-17-18-19-21(6-2,7-3)20(23)22-4/h5-19H2,1-4H3,(H,22,23). The van der Waals surface area contributed by atoms with Gasteiger partial charge in [-0.2, -0.15) is 0 Å². The third kappa shape index (κ3) is 10.0. The number of carbonyl (C=O) groups is 1. The summed E-state index contributed by atoms with van der Waals surface area (Å²) in [6.07, 6.45) is 19.5. The fourth-order valence-corrected chi connectivity index (χ4v) is 3.61. The molecule has 0 heterocycles. The molecule has 2 nitrogen and oxygen atoms in total. The average Bonchev–Trinajstić information content (AvgIpc) is 2.59. The van der Waals surface area contributed by atoms with Gasteiger partial charge in [0.15, 0.2) is 0 Å².